The van der Waals surface area contributed by atoms with E-state index in [1.54, 1.807) is 12.2 Å². The van der Waals surface area contributed by atoms with E-state index in [9.17, 15) is 26.3 Å². The quantitative estimate of drug-likeness (QED) is 0.450. The molecular formula is C20H29F6N3O. The Morgan fingerprint density at radius 2 is 1.93 bits per heavy atom. The molecule has 10 heteroatoms. The maximum atomic E-state index is 12.8. The van der Waals surface area contributed by atoms with Crippen molar-refractivity contribution < 1.29 is 31.1 Å². The minimum atomic E-state index is -4.40. The Morgan fingerprint density at radius 1 is 1.27 bits per heavy atom. The van der Waals surface area contributed by atoms with Crippen LogP contribution in [0.5, 0.6) is 0 Å². The number of dihydropyridines is 1. The average molecular weight is 441 g/mol. The molecule has 1 saturated heterocycles. The molecule has 0 aromatic carbocycles. The molecule has 0 spiro atoms. The van der Waals surface area contributed by atoms with Crippen molar-refractivity contribution in [3.05, 3.63) is 35.4 Å². The molecule has 0 aromatic heterocycles. The molecule has 30 heavy (non-hydrogen) atoms. The minimum Gasteiger partial charge on any atom is -0.491 e. The first-order chi connectivity index (χ1) is 13.9. The number of halogens is 6. The molecule has 0 aromatic rings. The van der Waals surface area contributed by atoms with Crippen molar-refractivity contribution in [2.24, 2.45) is 5.73 Å². The summed E-state index contributed by atoms with van der Waals surface area (Å²) in [6.45, 7) is 4.01. The lowest BCUT2D eigenvalue weighted by molar-refractivity contribution is -0.175. The zero-order valence-electron chi connectivity index (χ0n) is 17.0. The van der Waals surface area contributed by atoms with Crippen LogP contribution in [0.15, 0.2) is 35.4 Å². The molecule has 172 valence electrons. The van der Waals surface area contributed by atoms with Crippen molar-refractivity contribution in [2.45, 2.75) is 89.0 Å². The van der Waals surface area contributed by atoms with Crippen LogP contribution in [0.2, 0.25) is 0 Å². The van der Waals surface area contributed by atoms with E-state index in [4.69, 9.17) is 10.5 Å². The van der Waals surface area contributed by atoms with E-state index in [2.05, 4.69) is 17.6 Å². The fourth-order valence-corrected chi connectivity index (χ4v) is 3.31. The molecule has 2 heterocycles. The molecule has 4 nitrogen and oxygen atoms in total. The number of ether oxygens (including phenoxy) is 1. The van der Waals surface area contributed by atoms with Crippen LogP contribution < -0.4 is 16.4 Å². The van der Waals surface area contributed by atoms with Gasteiger partial charge in [0.15, 0.2) is 0 Å². The summed E-state index contributed by atoms with van der Waals surface area (Å²) in [5, 5.41) is 5.39. The first-order valence-electron chi connectivity index (χ1n) is 10.1. The standard InChI is InChI=1S/C20H29F6N3O/c1-3-5-6-12(4-2)30-13-9-15(14(27)7-8-19(21,22)23)28-16(10-13)17-11-18(29-17)20(24,25)26/h7,9-10,12,15,17-18,28-29H,3-6,8,11,27H2,1-2H3/b14-7-. The number of unbranched alkanes of at least 4 members (excludes halogenated alkanes) is 1. The number of rotatable bonds is 9. The van der Waals surface area contributed by atoms with Crippen molar-refractivity contribution >= 4 is 0 Å². The van der Waals surface area contributed by atoms with Crippen molar-refractivity contribution in [3.8, 4) is 0 Å². The smallest absolute Gasteiger partial charge is 0.403 e. The highest BCUT2D eigenvalue weighted by atomic mass is 19.4. The van der Waals surface area contributed by atoms with E-state index in [1.165, 1.54) is 0 Å². The second-order valence-corrected chi connectivity index (χ2v) is 7.65. The predicted octanol–water partition coefficient (Wildman–Crippen LogP) is 4.80. The minimum absolute atomic E-state index is 0.0627. The second-order valence-electron chi connectivity index (χ2n) is 7.65. The van der Waals surface area contributed by atoms with Gasteiger partial charge >= 0.3 is 12.4 Å². The molecule has 1 fully saturated rings. The summed E-state index contributed by atoms with van der Waals surface area (Å²) < 4.78 is 82.0. The summed E-state index contributed by atoms with van der Waals surface area (Å²) in [6.07, 6.45) is -2.67. The summed E-state index contributed by atoms with van der Waals surface area (Å²) >= 11 is 0. The highest BCUT2D eigenvalue weighted by molar-refractivity contribution is 5.35. The van der Waals surface area contributed by atoms with Gasteiger partial charge in [-0.1, -0.05) is 32.8 Å². The predicted molar refractivity (Wildman–Crippen MR) is 102 cm³/mol. The Labute approximate surface area is 172 Å². The molecule has 4 atom stereocenters. The van der Waals surface area contributed by atoms with Crippen molar-refractivity contribution in [1.82, 2.24) is 10.6 Å². The fraction of sp³-hybridized carbons (Fsp3) is 0.700. The molecule has 2 aliphatic rings. The van der Waals surface area contributed by atoms with Crippen molar-refractivity contribution in [2.75, 3.05) is 0 Å². The number of nitrogens with one attached hydrogen (secondary N) is 2. The lowest BCUT2D eigenvalue weighted by Gasteiger charge is -2.41. The number of hydrogen-bond acceptors (Lipinski definition) is 4. The average Bonchev–Trinajstić information content (AvgIpc) is 2.59. The maximum absolute atomic E-state index is 12.8. The Balaban J connectivity index is 2.17. The molecule has 0 bridgehead atoms. The van der Waals surface area contributed by atoms with Gasteiger partial charge in [0.2, 0.25) is 0 Å². The fourth-order valence-electron chi connectivity index (χ4n) is 3.31. The van der Waals surface area contributed by atoms with Crippen molar-refractivity contribution in [3.63, 3.8) is 0 Å². The molecular weight excluding hydrogens is 412 g/mol. The van der Waals surface area contributed by atoms with E-state index in [1.807, 2.05) is 6.92 Å². The van der Waals surface area contributed by atoms with E-state index >= 15 is 0 Å². The number of alkyl halides is 6. The monoisotopic (exact) mass is 441 g/mol. The maximum Gasteiger partial charge on any atom is 0.403 e. The van der Waals surface area contributed by atoms with Crippen LogP contribution in [0.1, 0.15) is 52.4 Å². The molecule has 0 radical (unpaired) electrons. The highest BCUT2D eigenvalue weighted by Crippen LogP contribution is 2.33. The number of nitrogens with two attached hydrogens (primary N) is 1. The largest absolute Gasteiger partial charge is 0.491 e. The van der Waals surface area contributed by atoms with Gasteiger partial charge in [0.25, 0.3) is 0 Å². The van der Waals surface area contributed by atoms with Gasteiger partial charge in [0, 0.05) is 23.5 Å². The van der Waals surface area contributed by atoms with Gasteiger partial charge in [0.05, 0.1) is 18.6 Å². The summed E-state index contributed by atoms with van der Waals surface area (Å²) in [6, 6.07) is -3.00. The number of allylic oxidation sites excluding steroid dienone is 2. The summed E-state index contributed by atoms with van der Waals surface area (Å²) in [5.41, 5.74) is 6.21. The van der Waals surface area contributed by atoms with Gasteiger partial charge in [-0.2, -0.15) is 26.3 Å². The summed E-state index contributed by atoms with van der Waals surface area (Å²) in [5.74, 6) is 0.400. The zero-order valence-corrected chi connectivity index (χ0v) is 17.0. The summed E-state index contributed by atoms with van der Waals surface area (Å²) in [7, 11) is 0. The Morgan fingerprint density at radius 3 is 2.47 bits per heavy atom. The Bertz CT molecular complexity index is 662. The molecule has 4 unspecified atom stereocenters. The van der Waals surface area contributed by atoms with E-state index in [-0.39, 0.29) is 18.2 Å². The Kier molecular flexibility index (Phi) is 8.13. The van der Waals surface area contributed by atoms with E-state index in [0.29, 0.717) is 11.5 Å². The first kappa shape index (κ1) is 24.4. The van der Waals surface area contributed by atoms with Gasteiger partial charge in [-0.05, 0) is 25.3 Å². The van der Waals surface area contributed by atoms with Crippen LogP contribution in [0.4, 0.5) is 26.3 Å². The van der Waals surface area contributed by atoms with Gasteiger partial charge in [-0.25, -0.2) is 0 Å². The van der Waals surface area contributed by atoms with Gasteiger partial charge in [0.1, 0.15) is 11.8 Å². The SMILES string of the molecule is CCCCC(CC)OC1=CC(/C(N)=C/CC(F)(F)F)NC(C2CC(C(F)(F)F)N2)=C1. The molecule has 2 aliphatic heterocycles. The van der Waals surface area contributed by atoms with Gasteiger partial charge in [-0.3, -0.25) is 5.32 Å². The van der Waals surface area contributed by atoms with Crippen LogP contribution in [-0.4, -0.2) is 36.6 Å². The lowest BCUT2D eigenvalue weighted by Crippen LogP contribution is -2.62. The Hall–Kier alpha value is -1.84. The van der Waals surface area contributed by atoms with E-state index < -0.39 is 36.9 Å². The topological polar surface area (TPSA) is 59.3 Å². The molecule has 2 rings (SSSR count). The van der Waals surface area contributed by atoms with Crippen molar-refractivity contribution in [1.29, 1.82) is 0 Å². The molecule has 0 aliphatic carbocycles. The van der Waals surface area contributed by atoms with Gasteiger partial charge in [-0.15, -0.1) is 0 Å². The highest BCUT2D eigenvalue weighted by Gasteiger charge is 2.49. The van der Waals surface area contributed by atoms with Crippen LogP contribution >= 0.6 is 0 Å². The normalized spacial score (nSPS) is 26.3. The van der Waals surface area contributed by atoms with Crippen LogP contribution in [0.3, 0.4) is 0 Å². The lowest BCUT2D eigenvalue weighted by atomic mass is 9.91. The van der Waals surface area contributed by atoms with Crippen LogP contribution in [0, 0.1) is 0 Å². The third-order valence-electron chi connectivity index (χ3n) is 5.16. The molecule has 4 N–H and O–H groups in total. The van der Waals surface area contributed by atoms with Crippen LogP contribution in [0.25, 0.3) is 0 Å². The molecule has 0 saturated carbocycles. The second kappa shape index (κ2) is 9.98. The first-order valence-corrected chi connectivity index (χ1v) is 10.1. The third-order valence-corrected chi connectivity index (χ3v) is 5.16. The summed E-state index contributed by atoms with van der Waals surface area (Å²) in [4.78, 5) is 0. The van der Waals surface area contributed by atoms with Gasteiger partial charge < -0.3 is 15.8 Å². The number of hydrogen-bond donors (Lipinski definition) is 3. The van der Waals surface area contributed by atoms with Crippen LogP contribution in [-0.2, 0) is 4.74 Å². The van der Waals surface area contributed by atoms with E-state index in [0.717, 1.165) is 31.8 Å². The third kappa shape index (κ3) is 7.14. The molecule has 0 amide bonds. The zero-order chi connectivity index (χ0) is 22.5.